The second-order valence-electron chi connectivity index (χ2n) is 7.80. The lowest BCUT2D eigenvalue weighted by Crippen LogP contribution is -2.37. The Morgan fingerprint density at radius 1 is 1.00 bits per heavy atom. The fraction of sp³-hybridized carbons (Fsp3) is 0.455. The summed E-state index contributed by atoms with van der Waals surface area (Å²) in [5, 5.41) is 0. The van der Waals surface area contributed by atoms with Gasteiger partial charge in [0.1, 0.15) is 11.0 Å². The topological polar surface area (TPSA) is 32.3 Å². The number of benzene rings is 2. The van der Waals surface area contributed by atoms with E-state index < -0.39 is 0 Å². The number of hydrogen-bond acceptors (Lipinski definition) is 5. The molecule has 0 spiro atoms. The first-order valence-electron chi connectivity index (χ1n) is 9.92. The maximum Gasteiger partial charge on any atom is 0.105 e. The predicted octanol–water partition coefficient (Wildman–Crippen LogP) is 4.08. The van der Waals surface area contributed by atoms with E-state index in [0.717, 1.165) is 36.5 Å². The summed E-state index contributed by atoms with van der Waals surface area (Å²) in [4.78, 5) is 5.10. The maximum absolute atomic E-state index is 4.41. The van der Waals surface area contributed by atoms with Gasteiger partial charge in [-0.2, -0.15) is 8.75 Å². The van der Waals surface area contributed by atoms with E-state index in [1.807, 2.05) is 0 Å². The first kappa shape index (κ1) is 18.5. The molecule has 0 atom stereocenters. The van der Waals surface area contributed by atoms with Crippen molar-refractivity contribution in [3.63, 3.8) is 0 Å². The molecule has 142 valence electrons. The zero-order chi connectivity index (χ0) is 18.5. The van der Waals surface area contributed by atoms with Gasteiger partial charge in [0.15, 0.2) is 0 Å². The van der Waals surface area contributed by atoms with E-state index >= 15 is 0 Å². The van der Waals surface area contributed by atoms with Crippen LogP contribution in [0.3, 0.4) is 0 Å². The summed E-state index contributed by atoms with van der Waals surface area (Å²) >= 11 is 1.30. The molecule has 27 heavy (non-hydrogen) atoms. The second-order valence-corrected chi connectivity index (χ2v) is 8.33. The van der Waals surface area contributed by atoms with Crippen LogP contribution in [0.1, 0.15) is 24.0 Å². The van der Waals surface area contributed by atoms with Gasteiger partial charge in [0.05, 0.1) is 11.7 Å². The van der Waals surface area contributed by atoms with Crippen LogP contribution in [0.5, 0.6) is 0 Å². The highest BCUT2D eigenvalue weighted by molar-refractivity contribution is 7.00. The first-order valence-corrected chi connectivity index (χ1v) is 10.7. The average Bonchev–Trinajstić information content (AvgIpc) is 3.16. The molecule has 0 saturated carbocycles. The monoisotopic (exact) mass is 380 g/mol. The van der Waals surface area contributed by atoms with Crippen molar-refractivity contribution in [2.75, 3.05) is 33.2 Å². The molecule has 2 aromatic carbocycles. The molecule has 2 heterocycles. The van der Waals surface area contributed by atoms with Gasteiger partial charge in [-0.25, -0.2) is 0 Å². The van der Waals surface area contributed by atoms with Gasteiger partial charge in [0, 0.05) is 19.6 Å². The van der Waals surface area contributed by atoms with Gasteiger partial charge >= 0.3 is 0 Å². The van der Waals surface area contributed by atoms with E-state index in [0.29, 0.717) is 0 Å². The van der Waals surface area contributed by atoms with E-state index in [1.165, 1.54) is 55.3 Å². The maximum atomic E-state index is 4.41. The summed E-state index contributed by atoms with van der Waals surface area (Å²) in [6.45, 7) is 5.74. The molecule has 1 fully saturated rings. The normalized spacial score (nSPS) is 16.4. The van der Waals surface area contributed by atoms with E-state index in [2.05, 4.69) is 74.1 Å². The molecule has 0 amide bonds. The molecule has 1 saturated heterocycles. The number of aromatic nitrogens is 2. The van der Waals surface area contributed by atoms with Gasteiger partial charge < -0.3 is 4.90 Å². The SMILES string of the molecule is CN1CCC(CN(CCc2ccccc2)Cc2ccc3nsnc3c2)CC1. The van der Waals surface area contributed by atoms with Crippen molar-refractivity contribution in [1.29, 1.82) is 0 Å². The van der Waals surface area contributed by atoms with E-state index in [9.17, 15) is 0 Å². The minimum Gasteiger partial charge on any atom is -0.306 e. The van der Waals surface area contributed by atoms with Gasteiger partial charge in [-0.3, -0.25) is 4.90 Å². The lowest BCUT2D eigenvalue weighted by atomic mass is 9.96. The zero-order valence-electron chi connectivity index (χ0n) is 16.1. The summed E-state index contributed by atoms with van der Waals surface area (Å²) in [6, 6.07) is 17.4. The summed E-state index contributed by atoms with van der Waals surface area (Å²) in [5.74, 6) is 0.807. The van der Waals surface area contributed by atoms with E-state index in [1.54, 1.807) is 0 Å². The highest BCUT2D eigenvalue weighted by atomic mass is 32.1. The lowest BCUT2D eigenvalue weighted by molar-refractivity contribution is 0.157. The molecule has 0 bridgehead atoms. The molecule has 0 N–H and O–H groups in total. The Morgan fingerprint density at radius 2 is 1.78 bits per heavy atom. The van der Waals surface area contributed by atoms with Gasteiger partial charge in [-0.05, 0) is 68.6 Å². The summed E-state index contributed by atoms with van der Waals surface area (Å²) in [7, 11) is 2.24. The molecule has 0 aliphatic carbocycles. The van der Waals surface area contributed by atoms with Crippen molar-refractivity contribution in [2.45, 2.75) is 25.8 Å². The molecule has 0 radical (unpaired) electrons. The van der Waals surface area contributed by atoms with Crippen molar-refractivity contribution in [3.05, 3.63) is 59.7 Å². The fourth-order valence-corrected chi connectivity index (χ4v) is 4.48. The standard InChI is InChI=1S/C22H28N4S/c1-25-12-9-19(10-13-25)16-26(14-11-18-5-3-2-4-6-18)17-20-7-8-21-22(15-20)24-27-23-21/h2-8,15,19H,9-14,16-17H2,1H3. The summed E-state index contributed by atoms with van der Waals surface area (Å²) < 4.78 is 8.74. The fourth-order valence-electron chi connectivity index (χ4n) is 3.96. The van der Waals surface area contributed by atoms with Crippen LogP contribution in [-0.4, -0.2) is 51.8 Å². The number of piperidine rings is 1. The van der Waals surface area contributed by atoms with Crippen molar-refractivity contribution in [2.24, 2.45) is 5.92 Å². The lowest BCUT2D eigenvalue weighted by Gasteiger charge is -2.33. The van der Waals surface area contributed by atoms with Crippen molar-refractivity contribution in [1.82, 2.24) is 18.5 Å². The van der Waals surface area contributed by atoms with Crippen LogP contribution in [0, 0.1) is 5.92 Å². The molecule has 1 aromatic heterocycles. The van der Waals surface area contributed by atoms with Crippen molar-refractivity contribution < 1.29 is 0 Å². The van der Waals surface area contributed by atoms with Crippen molar-refractivity contribution >= 4 is 22.8 Å². The Kier molecular flexibility index (Phi) is 6.12. The number of fused-ring (bicyclic) bond motifs is 1. The Morgan fingerprint density at radius 3 is 2.59 bits per heavy atom. The average molecular weight is 381 g/mol. The zero-order valence-corrected chi connectivity index (χ0v) is 16.9. The third-order valence-electron chi connectivity index (χ3n) is 5.64. The van der Waals surface area contributed by atoms with Crippen LogP contribution < -0.4 is 0 Å². The van der Waals surface area contributed by atoms with Crippen LogP contribution in [0.25, 0.3) is 11.0 Å². The van der Waals surface area contributed by atoms with Gasteiger partial charge in [-0.15, -0.1) is 0 Å². The largest absolute Gasteiger partial charge is 0.306 e. The molecular formula is C22H28N4S. The van der Waals surface area contributed by atoms with Gasteiger partial charge in [-0.1, -0.05) is 36.4 Å². The van der Waals surface area contributed by atoms with E-state index in [-0.39, 0.29) is 0 Å². The Labute approximate surface area is 166 Å². The van der Waals surface area contributed by atoms with Crippen LogP contribution >= 0.6 is 11.7 Å². The summed E-state index contributed by atoms with van der Waals surface area (Å²) in [6.07, 6.45) is 3.73. The molecule has 4 nitrogen and oxygen atoms in total. The third-order valence-corrected chi connectivity index (χ3v) is 6.20. The Bertz CT molecular complexity index is 840. The van der Waals surface area contributed by atoms with Gasteiger partial charge in [0.25, 0.3) is 0 Å². The highest BCUT2D eigenvalue weighted by Gasteiger charge is 2.20. The van der Waals surface area contributed by atoms with Crippen LogP contribution in [0.4, 0.5) is 0 Å². The Hall–Kier alpha value is -1.82. The molecule has 5 heteroatoms. The Balaban J connectivity index is 1.44. The number of likely N-dealkylation sites (tertiary alicyclic amines) is 1. The van der Waals surface area contributed by atoms with Crippen LogP contribution in [0.2, 0.25) is 0 Å². The second kappa shape index (κ2) is 8.91. The molecular weight excluding hydrogens is 352 g/mol. The third kappa shape index (κ3) is 5.12. The van der Waals surface area contributed by atoms with Gasteiger partial charge in [0.2, 0.25) is 0 Å². The van der Waals surface area contributed by atoms with E-state index in [4.69, 9.17) is 0 Å². The number of rotatable bonds is 7. The predicted molar refractivity (Wildman–Crippen MR) is 113 cm³/mol. The molecule has 0 unspecified atom stereocenters. The van der Waals surface area contributed by atoms with Crippen molar-refractivity contribution in [3.8, 4) is 0 Å². The molecule has 3 aromatic rings. The number of hydrogen-bond donors (Lipinski definition) is 0. The summed E-state index contributed by atoms with van der Waals surface area (Å²) in [5.41, 5.74) is 4.80. The molecule has 1 aliphatic heterocycles. The molecule has 4 rings (SSSR count). The first-order chi connectivity index (χ1) is 13.3. The quantitative estimate of drug-likeness (QED) is 0.618. The highest BCUT2D eigenvalue weighted by Crippen LogP contribution is 2.20. The van der Waals surface area contributed by atoms with Crippen LogP contribution in [-0.2, 0) is 13.0 Å². The smallest absolute Gasteiger partial charge is 0.105 e. The number of nitrogens with zero attached hydrogens (tertiary/aromatic N) is 4. The van der Waals surface area contributed by atoms with Crippen LogP contribution in [0.15, 0.2) is 48.5 Å². The minimum absolute atomic E-state index is 0.807. The minimum atomic E-state index is 0.807. The molecule has 1 aliphatic rings.